The SMILES string of the molecule is CCOC(=O)c1ccc(NC(=S)NCCCn2cccn2)cc1. The highest BCUT2D eigenvalue weighted by molar-refractivity contribution is 7.80. The van der Waals surface area contributed by atoms with Crippen LogP contribution in [0.15, 0.2) is 42.7 Å². The fourth-order valence-corrected chi connectivity index (χ4v) is 2.17. The second-order valence-corrected chi connectivity index (χ2v) is 5.21. The molecule has 0 saturated carbocycles. The van der Waals surface area contributed by atoms with E-state index in [0.29, 0.717) is 17.3 Å². The van der Waals surface area contributed by atoms with E-state index in [4.69, 9.17) is 17.0 Å². The van der Waals surface area contributed by atoms with Crippen LogP contribution < -0.4 is 10.6 Å². The van der Waals surface area contributed by atoms with Crippen molar-refractivity contribution in [2.45, 2.75) is 19.9 Å². The Balaban J connectivity index is 1.71. The number of nitrogens with zero attached hydrogens (tertiary/aromatic N) is 2. The molecule has 2 rings (SSSR count). The van der Waals surface area contributed by atoms with Crippen molar-refractivity contribution in [1.29, 1.82) is 0 Å². The largest absolute Gasteiger partial charge is 0.462 e. The lowest BCUT2D eigenvalue weighted by Gasteiger charge is -2.11. The van der Waals surface area contributed by atoms with Crippen LogP contribution in [0.25, 0.3) is 0 Å². The minimum atomic E-state index is -0.321. The van der Waals surface area contributed by atoms with E-state index >= 15 is 0 Å². The third-order valence-corrected chi connectivity index (χ3v) is 3.31. The Kier molecular flexibility index (Phi) is 6.56. The molecule has 2 N–H and O–H groups in total. The van der Waals surface area contributed by atoms with E-state index in [9.17, 15) is 4.79 Å². The van der Waals surface area contributed by atoms with Crippen LogP contribution in [0.1, 0.15) is 23.7 Å². The van der Waals surface area contributed by atoms with E-state index in [1.807, 2.05) is 16.9 Å². The van der Waals surface area contributed by atoms with Gasteiger partial charge in [-0.3, -0.25) is 4.68 Å². The smallest absolute Gasteiger partial charge is 0.338 e. The van der Waals surface area contributed by atoms with Crippen LogP contribution in [0.2, 0.25) is 0 Å². The average molecular weight is 332 g/mol. The summed E-state index contributed by atoms with van der Waals surface area (Å²) in [6, 6.07) is 8.91. The summed E-state index contributed by atoms with van der Waals surface area (Å²) < 4.78 is 6.82. The Bertz CT molecular complexity index is 626. The van der Waals surface area contributed by atoms with Gasteiger partial charge >= 0.3 is 5.97 Å². The topological polar surface area (TPSA) is 68.2 Å². The monoisotopic (exact) mass is 332 g/mol. The maximum absolute atomic E-state index is 11.6. The summed E-state index contributed by atoms with van der Waals surface area (Å²) in [4.78, 5) is 11.6. The van der Waals surface area contributed by atoms with E-state index in [0.717, 1.165) is 25.2 Å². The molecule has 0 aliphatic carbocycles. The Morgan fingerprint density at radius 3 is 2.78 bits per heavy atom. The number of carbonyl (C=O) groups is 1. The molecule has 0 amide bonds. The fourth-order valence-electron chi connectivity index (χ4n) is 1.96. The molecule has 0 radical (unpaired) electrons. The predicted octanol–water partition coefficient (Wildman–Crippen LogP) is 2.44. The molecule has 0 aliphatic rings. The molecule has 1 aromatic heterocycles. The van der Waals surface area contributed by atoms with E-state index < -0.39 is 0 Å². The van der Waals surface area contributed by atoms with Crippen LogP contribution in [0.5, 0.6) is 0 Å². The van der Waals surface area contributed by atoms with Crippen molar-refractivity contribution in [3.8, 4) is 0 Å². The number of thiocarbonyl (C=S) groups is 1. The first-order valence-corrected chi connectivity index (χ1v) is 7.89. The second kappa shape index (κ2) is 8.89. The van der Waals surface area contributed by atoms with E-state index in [1.165, 1.54) is 0 Å². The lowest BCUT2D eigenvalue weighted by molar-refractivity contribution is 0.0526. The van der Waals surface area contributed by atoms with Gasteiger partial charge in [0.05, 0.1) is 12.2 Å². The van der Waals surface area contributed by atoms with Crippen LogP contribution in [-0.2, 0) is 11.3 Å². The summed E-state index contributed by atoms with van der Waals surface area (Å²) in [5.74, 6) is -0.321. The van der Waals surface area contributed by atoms with E-state index in [-0.39, 0.29) is 5.97 Å². The van der Waals surface area contributed by atoms with Gasteiger partial charge in [-0.2, -0.15) is 5.10 Å². The third-order valence-electron chi connectivity index (χ3n) is 3.06. The van der Waals surface area contributed by atoms with Gasteiger partial charge in [0.15, 0.2) is 5.11 Å². The van der Waals surface area contributed by atoms with E-state index in [2.05, 4.69) is 15.7 Å². The van der Waals surface area contributed by atoms with Gasteiger partial charge < -0.3 is 15.4 Å². The molecular weight excluding hydrogens is 312 g/mol. The van der Waals surface area contributed by atoms with Crippen LogP contribution >= 0.6 is 12.2 Å². The van der Waals surface area contributed by atoms with Crippen molar-refractivity contribution in [2.75, 3.05) is 18.5 Å². The summed E-state index contributed by atoms with van der Waals surface area (Å²) in [5, 5.41) is 10.9. The summed E-state index contributed by atoms with van der Waals surface area (Å²) in [7, 11) is 0. The number of anilines is 1. The normalized spacial score (nSPS) is 10.1. The zero-order valence-corrected chi connectivity index (χ0v) is 13.8. The molecule has 2 aromatic rings. The minimum Gasteiger partial charge on any atom is -0.462 e. The van der Waals surface area contributed by atoms with Crippen LogP contribution in [0.4, 0.5) is 5.69 Å². The van der Waals surface area contributed by atoms with Crippen molar-refractivity contribution in [1.82, 2.24) is 15.1 Å². The van der Waals surface area contributed by atoms with Crippen molar-refractivity contribution < 1.29 is 9.53 Å². The quantitative estimate of drug-likeness (QED) is 0.461. The maximum Gasteiger partial charge on any atom is 0.338 e. The molecule has 0 spiro atoms. The van der Waals surface area contributed by atoms with Gasteiger partial charge in [-0.15, -0.1) is 0 Å². The Labute approximate surface area is 140 Å². The zero-order valence-electron chi connectivity index (χ0n) is 13.0. The standard InChI is InChI=1S/C16H20N4O2S/c1-2-22-15(21)13-5-7-14(8-6-13)19-16(23)17-9-3-11-20-12-4-10-18-20/h4-8,10,12H,2-3,9,11H2,1H3,(H2,17,19,23). The second-order valence-electron chi connectivity index (χ2n) is 4.80. The van der Waals surface area contributed by atoms with E-state index in [1.54, 1.807) is 37.4 Å². The molecule has 0 unspecified atom stereocenters. The molecule has 23 heavy (non-hydrogen) atoms. The predicted molar refractivity (Wildman–Crippen MR) is 93.5 cm³/mol. The molecule has 0 bridgehead atoms. The van der Waals surface area contributed by atoms with Crippen LogP contribution in [-0.4, -0.2) is 34.0 Å². The van der Waals surface area contributed by atoms with Gasteiger partial charge in [0, 0.05) is 31.2 Å². The Hall–Kier alpha value is -2.41. The number of nitrogens with one attached hydrogen (secondary N) is 2. The Morgan fingerprint density at radius 2 is 2.13 bits per heavy atom. The summed E-state index contributed by atoms with van der Waals surface area (Å²) in [6.45, 7) is 3.75. The van der Waals surface area contributed by atoms with Crippen LogP contribution in [0.3, 0.4) is 0 Å². The van der Waals surface area contributed by atoms with Crippen molar-refractivity contribution in [3.63, 3.8) is 0 Å². The number of ether oxygens (including phenoxy) is 1. The molecule has 1 heterocycles. The maximum atomic E-state index is 11.6. The van der Waals surface area contributed by atoms with Gasteiger partial charge in [-0.05, 0) is 55.9 Å². The zero-order chi connectivity index (χ0) is 16.5. The molecule has 0 atom stereocenters. The average Bonchev–Trinajstić information content (AvgIpc) is 3.06. The fraction of sp³-hybridized carbons (Fsp3) is 0.312. The number of carbonyl (C=O) groups excluding carboxylic acids is 1. The van der Waals surface area contributed by atoms with Crippen LogP contribution in [0, 0.1) is 0 Å². The van der Waals surface area contributed by atoms with Gasteiger partial charge in [0.25, 0.3) is 0 Å². The summed E-state index contributed by atoms with van der Waals surface area (Å²) in [6.07, 6.45) is 4.62. The molecule has 122 valence electrons. The Morgan fingerprint density at radius 1 is 1.35 bits per heavy atom. The minimum absolute atomic E-state index is 0.321. The van der Waals surface area contributed by atoms with Gasteiger partial charge in [-0.1, -0.05) is 0 Å². The molecular formula is C16H20N4O2S. The molecule has 0 fully saturated rings. The van der Waals surface area contributed by atoms with Crippen molar-refractivity contribution in [3.05, 3.63) is 48.3 Å². The highest BCUT2D eigenvalue weighted by Gasteiger charge is 2.05. The number of esters is 1. The number of rotatable bonds is 7. The lowest BCUT2D eigenvalue weighted by Crippen LogP contribution is -2.29. The number of aromatic nitrogens is 2. The van der Waals surface area contributed by atoms with Gasteiger partial charge in [0.2, 0.25) is 0 Å². The molecule has 0 saturated heterocycles. The number of aryl methyl sites for hydroxylation is 1. The number of hydrogen-bond donors (Lipinski definition) is 2. The summed E-state index contributed by atoms with van der Waals surface area (Å²) >= 11 is 5.24. The van der Waals surface area contributed by atoms with Gasteiger partial charge in [0.1, 0.15) is 0 Å². The molecule has 6 nitrogen and oxygen atoms in total. The highest BCUT2D eigenvalue weighted by atomic mass is 32.1. The molecule has 0 aliphatic heterocycles. The first-order valence-electron chi connectivity index (χ1n) is 7.48. The lowest BCUT2D eigenvalue weighted by atomic mass is 10.2. The van der Waals surface area contributed by atoms with Crippen molar-refractivity contribution >= 4 is 29.0 Å². The van der Waals surface area contributed by atoms with Gasteiger partial charge in [-0.25, -0.2) is 4.79 Å². The summed E-state index contributed by atoms with van der Waals surface area (Å²) in [5.41, 5.74) is 1.35. The first-order chi connectivity index (χ1) is 11.2. The first kappa shape index (κ1) is 17.0. The number of hydrogen-bond acceptors (Lipinski definition) is 4. The van der Waals surface area contributed by atoms with Crippen molar-refractivity contribution in [2.24, 2.45) is 0 Å². The number of benzene rings is 1. The third kappa shape index (κ3) is 5.71. The molecule has 1 aromatic carbocycles. The molecule has 7 heteroatoms. The highest BCUT2D eigenvalue weighted by Crippen LogP contribution is 2.10.